The molecule has 1 saturated heterocycles. The number of nitrogens with one attached hydrogen (secondary N) is 2. The highest BCUT2D eigenvalue weighted by Gasteiger charge is 2.19. The fourth-order valence-electron chi connectivity index (χ4n) is 3.38. The second-order valence-corrected chi connectivity index (χ2v) is 7.82. The maximum atomic E-state index is 12.8. The van der Waals surface area contributed by atoms with Crippen LogP contribution in [0.1, 0.15) is 34.1 Å². The average Bonchev–Trinajstić information content (AvgIpc) is 3.45. The van der Waals surface area contributed by atoms with Crippen molar-refractivity contribution in [3.63, 3.8) is 0 Å². The highest BCUT2D eigenvalue weighted by Crippen LogP contribution is 2.19. The first kappa shape index (κ1) is 21.2. The number of halogens is 1. The third kappa shape index (κ3) is 5.01. The summed E-state index contributed by atoms with van der Waals surface area (Å²) in [6.07, 6.45) is 5.85. The molecule has 162 valence electrons. The number of hydrogen-bond donors (Lipinski definition) is 3. The van der Waals surface area contributed by atoms with E-state index in [9.17, 15) is 4.79 Å². The number of amides is 1. The van der Waals surface area contributed by atoms with E-state index in [0.717, 1.165) is 24.2 Å². The monoisotopic (exact) mass is 441 g/mol. The van der Waals surface area contributed by atoms with Gasteiger partial charge >= 0.3 is 0 Å². The van der Waals surface area contributed by atoms with Crippen LogP contribution >= 0.6 is 11.6 Å². The smallest absolute Gasteiger partial charge is 0.272 e. The fourth-order valence-corrected chi connectivity index (χ4v) is 3.58. The van der Waals surface area contributed by atoms with Crippen LogP contribution < -0.4 is 16.4 Å². The average molecular weight is 442 g/mol. The Bertz CT molecular complexity index is 1070. The molecular weight excluding hydrogens is 418 g/mol. The summed E-state index contributed by atoms with van der Waals surface area (Å²) in [5, 5.41) is 6.77. The fraction of sp³-hybridized carbons (Fsp3) is 0.333. The molecule has 4 N–H and O–H groups in total. The van der Waals surface area contributed by atoms with E-state index in [-0.39, 0.29) is 30.2 Å². The second-order valence-electron chi connectivity index (χ2n) is 7.39. The van der Waals surface area contributed by atoms with E-state index in [1.807, 2.05) is 19.1 Å². The molecule has 1 aliphatic heterocycles. The third-order valence-corrected chi connectivity index (χ3v) is 5.29. The van der Waals surface area contributed by atoms with Gasteiger partial charge in [-0.3, -0.25) is 9.36 Å². The predicted octanol–water partition coefficient (Wildman–Crippen LogP) is 2.25. The van der Waals surface area contributed by atoms with Gasteiger partial charge in [-0.15, -0.1) is 0 Å². The number of rotatable bonds is 7. The van der Waals surface area contributed by atoms with Crippen molar-refractivity contribution in [1.82, 2.24) is 24.8 Å². The minimum atomic E-state index is -0.374. The van der Waals surface area contributed by atoms with Crippen molar-refractivity contribution < 1.29 is 9.53 Å². The number of aromatic nitrogens is 4. The number of nitrogens with two attached hydrogens (primary N) is 1. The van der Waals surface area contributed by atoms with Gasteiger partial charge in [0.2, 0.25) is 5.95 Å². The van der Waals surface area contributed by atoms with Crippen LogP contribution in [0.4, 0.5) is 5.95 Å². The number of aryl methyl sites for hydroxylation is 1. The lowest BCUT2D eigenvalue weighted by atomic mass is 10.1. The Morgan fingerprint density at radius 3 is 3.03 bits per heavy atom. The Morgan fingerprint density at radius 2 is 2.29 bits per heavy atom. The molecule has 1 aliphatic rings. The first-order valence-electron chi connectivity index (χ1n) is 10.0. The molecular formula is C21H24ClN7O2. The number of carbonyl (C=O) groups is 1. The minimum absolute atomic E-state index is 0.194. The van der Waals surface area contributed by atoms with Crippen LogP contribution in [0.25, 0.3) is 5.82 Å². The van der Waals surface area contributed by atoms with E-state index in [2.05, 4.69) is 25.6 Å². The highest BCUT2D eigenvalue weighted by molar-refractivity contribution is 6.30. The van der Waals surface area contributed by atoms with Crippen molar-refractivity contribution in [2.45, 2.75) is 25.4 Å². The van der Waals surface area contributed by atoms with E-state index >= 15 is 0 Å². The number of benzene rings is 1. The topological polar surface area (TPSA) is 120 Å². The summed E-state index contributed by atoms with van der Waals surface area (Å²) in [6.45, 7) is 3.51. The predicted molar refractivity (Wildman–Crippen MR) is 117 cm³/mol. The molecule has 3 heterocycles. The largest absolute Gasteiger partial charge is 0.379 e. The molecule has 1 fully saturated rings. The number of nitrogens with zero attached hydrogens (tertiary/aromatic N) is 4. The van der Waals surface area contributed by atoms with Crippen molar-refractivity contribution >= 4 is 23.5 Å². The van der Waals surface area contributed by atoms with Crippen molar-refractivity contribution in [2.24, 2.45) is 5.73 Å². The zero-order valence-electron chi connectivity index (χ0n) is 17.1. The molecule has 0 bridgehead atoms. The molecule has 10 heteroatoms. The Labute approximate surface area is 185 Å². The van der Waals surface area contributed by atoms with Gasteiger partial charge < -0.3 is 21.1 Å². The van der Waals surface area contributed by atoms with Crippen LogP contribution in [0.3, 0.4) is 0 Å². The summed E-state index contributed by atoms with van der Waals surface area (Å²) < 4.78 is 7.09. The van der Waals surface area contributed by atoms with Crippen molar-refractivity contribution in [3.05, 3.63) is 64.8 Å². The van der Waals surface area contributed by atoms with Crippen molar-refractivity contribution in [2.75, 3.05) is 25.1 Å². The molecule has 31 heavy (non-hydrogen) atoms. The molecule has 0 radical (unpaired) electrons. The molecule has 2 aromatic heterocycles. The zero-order chi connectivity index (χ0) is 21.8. The van der Waals surface area contributed by atoms with Gasteiger partial charge in [-0.1, -0.05) is 23.7 Å². The molecule has 1 aromatic carbocycles. The quantitative estimate of drug-likeness (QED) is 0.514. The van der Waals surface area contributed by atoms with Gasteiger partial charge in [-0.25, -0.2) is 9.97 Å². The first-order valence-corrected chi connectivity index (χ1v) is 10.4. The lowest BCUT2D eigenvalue weighted by Crippen LogP contribution is -2.33. The SMILES string of the molecule is Cc1cnc(NC2CCOC2)nc1-n1cnc(C(=O)N[C@H](CN)c2cccc(Cl)c2)c1. The van der Waals surface area contributed by atoms with Crippen LogP contribution in [0.5, 0.6) is 0 Å². The summed E-state index contributed by atoms with van der Waals surface area (Å²) in [5.74, 6) is 0.829. The zero-order valence-corrected chi connectivity index (χ0v) is 17.8. The molecule has 1 amide bonds. The van der Waals surface area contributed by atoms with Gasteiger partial charge in [0.15, 0.2) is 0 Å². The van der Waals surface area contributed by atoms with Crippen LogP contribution in [0.2, 0.25) is 5.02 Å². The Morgan fingerprint density at radius 1 is 1.42 bits per heavy atom. The molecule has 0 aliphatic carbocycles. The van der Waals surface area contributed by atoms with E-state index in [1.165, 1.54) is 0 Å². The Kier molecular flexibility index (Phi) is 6.45. The standard InChI is InChI=1S/C21H24ClN7O2/c1-13-9-24-21(26-16-5-6-31-11-16)28-19(13)29-10-18(25-12-29)20(30)27-17(8-23)14-3-2-4-15(22)7-14/h2-4,7,9-10,12,16-17H,5-6,8,11,23H2,1H3,(H,27,30)(H,24,26,28)/t16?,17-/m1/s1. The lowest BCUT2D eigenvalue weighted by molar-refractivity contribution is 0.0933. The van der Waals surface area contributed by atoms with Crippen molar-refractivity contribution in [1.29, 1.82) is 0 Å². The summed E-state index contributed by atoms with van der Waals surface area (Å²) in [7, 11) is 0. The number of anilines is 1. The second kappa shape index (κ2) is 9.42. The molecule has 2 atom stereocenters. The summed E-state index contributed by atoms with van der Waals surface area (Å²) in [5.41, 5.74) is 7.82. The van der Waals surface area contributed by atoms with Gasteiger partial charge in [-0.05, 0) is 31.0 Å². The number of imidazole rings is 1. The van der Waals surface area contributed by atoms with E-state index in [0.29, 0.717) is 23.4 Å². The third-order valence-electron chi connectivity index (χ3n) is 5.06. The maximum absolute atomic E-state index is 12.8. The van der Waals surface area contributed by atoms with Gasteiger partial charge in [-0.2, -0.15) is 4.98 Å². The molecule has 3 aromatic rings. The van der Waals surface area contributed by atoms with E-state index in [4.69, 9.17) is 22.1 Å². The number of hydrogen-bond acceptors (Lipinski definition) is 7. The van der Waals surface area contributed by atoms with Gasteiger partial charge in [0.25, 0.3) is 5.91 Å². The van der Waals surface area contributed by atoms with Crippen LogP contribution in [0, 0.1) is 6.92 Å². The van der Waals surface area contributed by atoms with Gasteiger partial charge in [0.1, 0.15) is 17.8 Å². The minimum Gasteiger partial charge on any atom is -0.379 e. The molecule has 9 nitrogen and oxygen atoms in total. The highest BCUT2D eigenvalue weighted by atomic mass is 35.5. The van der Waals surface area contributed by atoms with E-state index < -0.39 is 0 Å². The number of carbonyl (C=O) groups excluding carboxylic acids is 1. The van der Waals surface area contributed by atoms with Crippen molar-refractivity contribution in [3.8, 4) is 5.82 Å². The maximum Gasteiger partial charge on any atom is 0.272 e. The summed E-state index contributed by atoms with van der Waals surface area (Å²) in [4.78, 5) is 26.0. The van der Waals surface area contributed by atoms with Gasteiger partial charge in [0.05, 0.1) is 18.7 Å². The Balaban J connectivity index is 1.50. The normalized spacial score (nSPS) is 16.8. The molecule has 0 spiro atoms. The summed E-state index contributed by atoms with van der Waals surface area (Å²) in [6, 6.07) is 7.07. The molecule has 4 rings (SSSR count). The molecule has 1 unspecified atom stereocenters. The number of ether oxygens (including phenoxy) is 1. The lowest BCUT2D eigenvalue weighted by Gasteiger charge is -2.16. The van der Waals surface area contributed by atoms with E-state index in [1.54, 1.807) is 35.4 Å². The first-order chi connectivity index (χ1) is 15.0. The van der Waals surface area contributed by atoms with Crippen LogP contribution in [0.15, 0.2) is 43.0 Å². The molecule has 0 saturated carbocycles. The van der Waals surface area contributed by atoms with Crippen LogP contribution in [-0.2, 0) is 4.74 Å². The van der Waals surface area contributed by atoms with Crippen LogP contribution in [-0.4, -0.2) is 51.2 Å². The summed E-state index contributed by atoms with van der Waals surface area (Å²) >= 11 is 6.06. The van der Waals surface area contributed by atoms with Gasteiger partial charge in [0, 0.05) is 36.1 Å². The Hall–Kier alpha value is -3.01.